The number of anilines is 1. The average molecular weight is 545 g/mol. The lowest BCUT2D eigenvalue weighted by Crippen LogP contribution is -2.60. The minimum Gasteiger partial charge on any atom is -0.324 e. The molecule has 3 aromatic rings. The number of amides is 1. The maximum Gasteiger partial charge on any atom is 0.274 e. The Balaban J connectivity index is 1.72. The fraction of sp³-hybridized carbons (Fsp3) is 0.208. The van der Waals surface area contributed by atoms with Crippen LogP contribution in [0, 0.1) is 17.0 Å². The van der Waals surface area contributed by atoms with Crippen molar-refractivity contribution in [2.24, 2.45) is 0 Å². The van der Waals surface area contributed by atoms with Crippen LogP contribution in [0.2, 0.25) is 0 Å². The molecule has 1 heterocycles. The molecule has 1 N–H and O–H groups in total. The first-order chi connectivity index (χ1) is 17.5. The summed E-state index contributed by atoms with van der Waals surface area (Å²) in [5, 5.41) is 13.9. The molecule has 13 heteroatoms. The Morgan fingerprint density at radius 3 is 2.00 bits per heavy atom. The molecule has 0 radical (unpaired) electrons. The summed E-state index contributed by atoms with van der Waals surface area (Å²) in [7, 11) is -8.19. The number of carbonyl (C=O) groups excluding carboxylic acids is 1. The van der Waals surface area contributed by atoms with E-state index in [9.17, 15) is 31.7 Å². The quantitative estimate of drug-likeness (QED) is 0.355. The van der Waals surface area contributed by atoms with E-state index >= 15 is 0 Å². The maximum atomic E-state index is 13.5. The largest absolute Gasteiger partial charge is 0.324 e. The van der Waals surface area contributed by atoms with Gasteiger partial charge in [-0.2, -0.15) is 8.61 Å². The molecule has 4 rings (SSSR count). The fourth-order valence-corrected chi connectivity index (χ4v) is 7.15. The van der Waals surface area contributed by atoms with Gasteiger partial charge in [0.2, 0.25) is 26.0 Å². The highest BCUT2D eigenvalue weighted by molar-refractivity contribution is 7.89. The van der Waals surface area contributed by atoms with Gasteiger partial charge in [-0.25, -0.2) is 16.8 Å². The molecule has 11 nitrogen and oxygen atoms in total. The van der Waals surface area contributed by atoms with Crippen LogP contribution in [0.3, 0.4) is 0 Å². The number of sulfonamides is 2. The van der Waals surface area contributed by atoms with Gasteiger partial charge in [0.25, 0.3) is 5.69 Å². The molecule has 0 saturated carbocycles. The molecule has 1 aliphatic rings. The summed E-state index contributed by atoms with van der Waals surface area (Å²) in [6.07, 6.45) is 0. The molecule has 0 aromatic heterocycles. The minimum atomic E-state index is -4.17. The van der Waals surface area contributed by atoms with Gasteiger partial charge in [0.05, 0.1) is 26.0 Å². The van der Waals surface area contributed by atoms with E-state index in [0.717, 1.165) is 8.61 Å². The number of piperazine rings is 1. The molecule has 37 heavy (non-hydrogen) atoms. The number of nitro groups is 1. The van der Waals surface area contributed by atoms with Crippen LogP contribution in [0.4, 0.5) is 11.4 Å². The van der Waals surface area contributed by atoms with Gasteiger partial charge in [0.15, 0.2) is 0 Å². The van der Waals surface area contributed by atoms with Crippen LogP contribution >= 0.6 is 0 Å². The van der Waals surface area contributed by atoms with Gasteiger partial charge < -0.3 is 5.32 Å². The van der Waals surface area contributed by atoms with Gasteiger partial charge >= 0.3 is 0 Å². The van der Waals surface area contributed by atoms with E-state index < -0.39 is 43.5 Å². The van der Waals surface area contributed by atoms with Crippen LogP contribution in [0.15, 0.2) is 88.7 Å². The Kier molecular flexibility index (Phi) is 7.41. The first-order valence-corrected chi connectivity index (χ1v) is 14.1. The first-order valence-electron chi connectivity index (χ1n) is 11.2. The van der Waals surface area contributed by atoms with Crippen molar-refractivity contribution in [1.82, 2.24) is 8.61 Å². The predicted octanol–water partition coefficient (Wildman–Crippen LogP) is 2.61. The second-order valence-corrected chi connectivity index (χ2v) is 12.1. The van der Waals surface area contributed by atoms with Crippen LogP contribution in [0.25, 0.3) is 0 Å². The molecule has 0 spiro atoms. The van der Waals surface area contributed by atoms with Crippen LogP contribution < -0.4 is 5.32 Å². The number of nitro benzene ring substituents is 1. The van der Waals surface area contributed by atoms with Crippen molar-refractivity contribution >= 4 is 37.3 Å². The highest BCUT2D eigenvalue weighted by Crippen LogP contribution is 2.28. The molecule has 1 atom stereocenters. The van der Waals surface area contributed by atoms with Crippen LogP contribution in [0.5, 0.6) is 0 Å². The third-order valence-electron chi connectivity index (χ3n) is 6.09. The summed E-state index contributed by atoms with van der Waals surface area (Å²) in [4.78, 5) is 24.2. The molecular weight excluding hydrogens is 520 g/mol. The average Bonchev–Trinajstić information content (AvgIpc) is 2.90. The summed E-state index contributed by atoms with van der Waals surface area (Å²) < 4.78 is 55.5. The normalized spacial score (nSPS) is 17.3. The smallest absolute Gasteiger partial charge is 0.274 e. The number of hydrogen-bond donors (Lipinski definition) is 1. The topological polar surface area (TPSA) is 147 Å². The second-order valence-electron chi connectivity index (χ2n) is 8.32. The zero-order valence-electron chi connectivity index (χ0n) is 19.7. The van der Waals surface area contributed by atoms with E-state index in [2.05, 4.69) is 5.32 Å². The van der Waals surface area contributed by atoms with Gasteiger partial charge in [0, 0.05) is 25.7 Å². The van der Waals surface area contributed by atoms with Gasteiger partial charge in [0.1, 0.15) is 6.04 Å². The lowest BCUT2D eigenvalue weighted by molar-refractivity contribution is -0.385. The predicted molar refractivity (Wildman–Crippen MR) is 136 cm³/mol. The Morgan fingerprint density at radius 2 is 1.43 bits per heavy atom. The molecule has 0 aliphatic carbocycles. The molecule has 3 aromatic carbocycles. The van der Waals surface area contributed by atoms with Crippen molar-refractivity contribution in [2.45, 2.75) is 22.8 Å². The Labute approximate surface area is 214 Å². The third-order valence-corrected chi connectivity index (χ3v) is 9.89. The zero-order chi connectivity index (χ0) is 26.8. The molecule has 1 amide bonds. The van der Waals surface area contributed by atoms with Crippen LogP contribution in [0.1, 0.15) is 5.56 Å². The van der Waals surface area contributed by atoms with E-state index in [1.807, 2.05) is 0 Å². The number of benzene rings is 3. The molecule has 1 aliphatic heterocycles. The summed E-state index contributed by atoms with van der Waals surface area (Å²) in [6.45, 7) is 0.584. The highest BCUT2D eigenvalue weighted by atomic mass is 32.2. The van der Waals surface area contributed by atoms with Crippen molar-refractivity contribution < 1.29 is 26.6 Å². The minimum absolute atomic E-state index is 0.0167. The highest BCUT2D eigenvalue weighted by Gasteiger charge is 2.43. The zero-order valence-corrected chi connectivity index (χ0v) is 21.4. The second kappa shape index (κ2) is 10.4. The van der Waals surface area contributed by atoms with Crippen LogP contribution in [-0.2, 0) is 24.8 Å². The molecular formula is C24H24N4O7S2. The van der Waals surface area contributed by atoms with Crippen molar-refractivity contribution in [3.63, 3.8) is 0 Å². The Morgan fingerprint density at radius 1 is 0.865 bits per heavy atom. The van der Waals surface area contributed by atoms with E-state index in [-0.39, 0.29) is 39.8 Å². The van der Waals surface area contributed by atoms with Crippen LogP contribution in [-0.4, -0.2) is 62.0 Å². The Hall–Kier alpha value is -3.65. The standard InChI is InChI=1S/C24H24N4O7S2/c1-18-21(13-8-14-22(18)28(30)31)25-24(29)23-17-26(36(32,33)19-9-4-2-5-10-19)15-16-27(23)37(34,35)20-11-6-3-7-12-20/h2-14,23H,15-17H2,1H3,(H,25,29)/t23-/m1/s1. The summed E-state index contributed by atoms with van der Waals surface area (Å²) >= 11 is 0. The molecule has 0 unspecified atom stereocenters. The van der Waals surface area contributed by atoms with Gasteiger partial charge in [-0.05, 0) is 37.3 Å². The molecule has 0 bridgehead atoms. The summed E-state index contributed by atoms with van der Waals surface area (Å²) in [6, 6.07) is 17.9. The maximum absolute atomic E-state index is 13.5. The van der Waals surface area contributed by atoms with Gasteiger partial charge in [-0.1, -0.05) is 42.5 Å². The van der Waals surface area contributed by atoms with Gasteiger partial charge in [-0.3, -0.25) is 14.9 Å². The lowest BCUT2D eigenvalue weighted by atomic mass is 10.1. The fourth-order valence-electron chi connectivity index (χ4n) is 4.10. The van der Waals surface area contributed by atoms with E-state index in [1.54, 1.807) is 36.4 Å². The molecule has 194 valence electrons. The monoisotopic (exact) mass is 544 g/mol. The number of rotatable bonds is 7. The van der Waals surface area contributed by atoms with Crippen molar-refractivity contribution in [3.8, 4) is 0 Å². The lowest BCUT2D eigenvalue weighted by Gasteiger charge is -2.39. The van der Waals surface area contributed by atoms with Crippen molar-refractivity contribution in [2.75, 3.05) is 25.0 Å². The number of nitrogens with zero attached hydrogens (tertiary/aromatic N) is 3. The number of hydrogen-bond acceptors (Lipinski definition) is 7. The molecule has 1 saturated heterocycles. The number of carbonyl (C=O) groups is 1. The van der Waals surface area contributed by atoms with E-state index in [4.69, 9.17) is 0 Å². The van der Waals surface area contributed by atoms with Crippen molar-refractivity contribution in [1.29, 1.82) is 0 Å². The van der Waals surface area contributed by atoms with E-state index in [1.165, 1.54) is 49.4 Å². The van der Waals surface area contributed by atoms with Gasteiger partial charge in [-0.15, -0.1) is 0 Å². The Bertz CT molecular complexity index is 1530. The van der Waals surface area contributed by atoms with E-state index in [0.29, 0.717) is 0 Å². The SMILES string of the molecule is Cc1c(NC(=O)[C@H]2CN(S(=O)(=O)c3ccccc3)CCN2S(=O)(=O)c2ccccc2)cccc1[N+](=O)[O-]. The molecule has 1 fully saturated rings. The number of nitrogens with one attached hydrogen (secondary N) is 1. The van der Waals surface area contributed by atoms with Crippen molar-refractivity contribution in [3.05, 3.63) is 94.5 Å². The summed E-state index contributed by atoms with van der Waals surface area (Å²) in [5.74, 6) is -0.809. The third kappa shape index (κ3) is 5.25. The first kappa shape index (κ1) is 26.4. The summed E-state index contributed by atoms with van der Waals surface area (Å²) in [5.41, 5.74) is 0.0886.